The highest BCUT2D eigenvalue weighted by Crippen LogP contribution is 2.29. The van der Waals surface area contributed by atoms with Crippen LogP contribution in [0.5, 0.6) is 0 Å². The number of fused-ring (bicyclic) bond motifs is 1. The number of hydrogen-bond donors (Lipinski definition) is 1. The molecule has 2 rings (SSSR count). The predicted molar refractivity (Wildman–Crippen MR) is 69.0 cm³/mol. The summed E-state index contributed by atoms with van der Waals surface area (Å²) >= 11 is 1.73. The molecule has 2 atom stereocenters. The van der Waals surface area contributed by atoms with Crippen molar-refractivity contribution in [3.8, 4) is 0 Å². The zero-order valence-electron chi connectivity index (χ0n) is 9.90. The second-order valence-corrected chi connectivity index (χ2v) is 4.90. The number of hydrogen-bond acceptors (Lipinski definition) is 4. The first-order valence-corrected chi connectivity index (χ1v) is 6.51. The lowest BCUT2D eigenvalue weighted by Gasteiger charge is -2.21. The number of nitrogens with zero attached hydrogens (tertiary/aromatic N) is 2. The molecule has 2 aromatic heterocycles. The van der Waals surface area contributed by atoms with Crippen molar-refractivity contribution in [1.82, 2.24) is 15.3 Å². The van der Waals surface area contributed by atoms with Crippen LogP contribution in [0.2, 0.25) is 0 Å². The van der Waals surface area contributed by atoms with E-state index < -0.39 is 0 Å². The molecule has 2 unspecified atom stereocenters. The van der Waals surface area contributed by atoms with Crippen molar-refractivity contribution in [1.29, 1.82) is 0 Å². The minimum atomic E-state index is 0.416. The second-order valence-electron chi connectivity index (χ2n) is 3.99. The van der Waals surface area contributed by atoms with Gasteiger partial charge in [0.05, 0.1) is 15.9 Å². The van der Waals surface area contributed by atoms with Crippen LogP contribution in [0.15, 0.2) is 17.8 Å². The van der Waals surface area contributed by atoms with Gasteiger partial charge in [-0.05, 0) is 24.9 Å². The third kappa shape index (κ3) is 1.95. The fraction of sp³-hybridized carbons (Fsp3) is 0.500. The van der Waals surface area contributed by atoms with E-state index in [1.54, 1.807) is 17.7 Å². The predicted octanol–water partition coefficient (Wildman–Crippen LogP) is 2.79. The topological polar surface area (TPSA) is 37.8 Å². The van der Waals surface area contributed by atoms with Crippen LogP contribution in [0.1, 0.15) is 31.9 Å². The highest BCUT2D eigenvalue weighted by molar-refractivity contribution is 7.17. The molecule has 4 heteroatoms. The van der Waals surface area contributed by atoms with Crippen LogP contribution in [0, 0.1) is 0 Å². The number of aromatic nitrogens is 2. The molecule has 0 aliphatic carbocycles. The van der Waals surface area contributed by atoms with Crippen molar-refractivity contribution in [3.05, 3.63) is 23.5 Å². The van der Waals surface area contributed by atoms with Crippen LogP contribution in [0.4, 0.5) is 0 Å². The van der Waals surface area contributed by atoms with Gasteiger partial charge < -0.3 is 5.32 Å². The lowest BCUT2D eigenvalue weighted by atomic mass is 9.96. The van der Waals surface area contributed by atoms with Gasteiger partial charge in [-0.3, -0.25) is 0 Å². The van der Waals surface area contributed by atoms with Crippen LogP contribution in [-0.2, 0) is 0 Å². The summed E-state index contributed by atoms with van der Waals surface area (Å²) in [6, 6.07) is 2.53. The molecule has 16 heavy (non-hydrogen) atoms. The van der Waals surface area contributed by atoms with Crippen LogP contribution < -0.4 is 5.32 Å². The fourth-order valence-corrected chi connectivity index (χ4v) is 3.06. The van der Waals surface area contributed by atoms with E-state index in [0.29, 0.717) is 12.0 Å². The van der Waals surface area contributed by atoms with Crippen molar-refractivity contribution < 1.29 is 0 Å². The average molecular weight is 235 g/mol. The van der Waals surface area contributed by atoms with Crippen molar-refractivity contribution in [2.45, 2.75) is 32.2 Å². The third-order valence-corrected chi connectivity index (χ3v) is 4.04. The summed E-state index contributed by atoms with van der Waals surface area (Å²) < 4.78 is 1.23. The largest absolute Gasteiger partial charge is 0.316 e. The van der Waals surface area contributed by atoms with Crippen molar-refractivity contribution >= 4 is 21.6 Å². The first kappa shape index (κ1) is 11.5. The van der Waals surface area contributed by atoms with E-state index in [0.717, 1.165) is 11.9 Å². The van der Waals surface area contributed by atoms with Gasteiger partial charge in [-0.25, -0.2) is 9.97 Å². The Bertz CT molecular complexity index is 462. The molecule has 0 fully saturated rings. The van der Waals surface area contributed by atoms with Gasteiger partial charge in [-0.2, -0.15) is 0 Å². The number of likely N-dealkylation sites (N-methyl/N-ethyl adjacent to an activating group) is 1. The minimum absolute atomic E-state index is 0.416. The summed E-state index contributed by atoms with van der Waals surface area (Å²) in [6.45, 7) is 4.43. The first-order chi connectivity index (χ1) is 7.77. The molecule has 2 heterocycles. The average Bonchev–Trinajstić information content (AvgIpc) is 2.78. The Balaban J connectivity index is 2.42. The second kappa shape index (κ2) is 4.89. The zero-order valence-corrected chi connectivity index (χ0v) is 10.7. The first-order valence-electron chi connectivity index (χ1n) is 5.63. The summed E-state index contributed by atoms with van der Waals surface area (Å²) in [5, 5.41) is 5.43. The maximum Gasteiger partial charge on any atom is 0.116 e. The third-order valence-electron chi connectivity index (χ3n) is 3.12. The lowest BCUT2D eigenvalue weighted by molar-refractivity contribution is 0.468. The van der Waals surface area contributed by atoms with E-state index in [2.05, 4.69) is 40.6 Å². The molecule has 3 nitrogen and oxygen atoms in total. The van der Waals surface area contributed by atoms with Crippen molar-refractivity contribution in [2.75, 3.05) is 7.05 Å². The Morgan fingerprint density at radius 3 is 2.94 bits per heavy atom. The molecule has 1 N–H and O–H groups in total. The molecular formula is C12H17N3S. The Morgan fingerprint density at radius 1 is 1.44 bits per heavy atom. The summed E-state index contributed by atoms with van der Waals surface area (Å²) in [6.07, 6.45) is 2.78. The Kier molecular flexibility index (Phi) is 3.51. The lowest BCUT2D eigenvalue weighted by Crippen LogP contribution is -2.30. The fourth-order valence-electron chi connectivity index (χ4n) is 2.13. The molecule has 2 aromatic rings. The van der Waals surface area contributed by atoms with E-state index in [-0.39, 0.29) is 0 Å². The van der Waals surface area contributed by atoms with Crippen molar-refractivity contribution in [2.24, 2.45) is 0 Å². The highest BCUT2D eigenvalue weighted by Gasteiger charge is 2.19. The molecule has 0 radical (unpaired) electrons. The summed E-state index contributed by atoms with van der Waals surface area (Å²) in [5.74, 6) is 0.416. The van der Waals surface area contributed by atoms with Gasteiger partial charge >= 0.3 is 0 Å². The van der Waals surface area contributed by atoms with E-state index >= 15 is 0 Å². The van der Waals surface area contributed by atoms with Crippen LogP contribution >= 0.6 is 11.3 Å². The van der Waals surface area contributed by atoms with Crippen molar-refractivity contribution in [3.63, 3.8) is 0 Å². The summed E-state index contributed by atoms with van der Waals surface area (Å²) in [7, 11) is 2.01. The maximum atomic E-state index is 4.46. The van der Waals surface area contributed by atoms with Gasteiger partial charge in [0.25, 0.3) is 0 Å². The Labute approximate surface area is 99.9 Å². The molecule has 0 saturated carbocycles. The molecule has 0 bridgehead atoms. The van der Waals surface area contributed by atoms with Gasteiger partial charge in [-0.15, -0.1) is 11.3 Å². The molecule has 0 aliphatic rings. The van der Waals surface area contributed by atoms with E-state index in [9.17, 15) is 0 Å². The number of nitrogens with one attached hydrogen (secondary N) is 1. The van der Waals surface area contributed by atoms with Crippen LogP contribution in [0.25, 0.3) is 10.2 Å². The van der Waals surface area contributed by atoms with Gasteiger partial charge in [0.2, 0.25) is 0 Å². The molecule has 0 spiro atoms. The van der Waals surface area contributed by atoms with Crippen LogP contribution in [-0.4, -0.2) is 23.1 Å². The normalized spacial score (nSPS) is 15.2. The molecule has 0 aromatic carbocycles. The minimum Gasteiger partial charge on any atom is -0.316 e. The number of thiophene rings is 1. The smallest absolute Gasteiger partial charge is 0.116 e. The molecule has 0 saturated heterocycles. The number of rotatable bonds is 4. The summed E-state index contributed by atoms with van der Waals surface area (Å²) in [5.41, 5.74) is 2.23. The SMILES string of the molecule is CCC(NC)C(C)c1ncnc2ccsc12. The molecule has 86 valence electrons. The molecule has 0 amide bonds. The van der Waals surface area contributed by atoms with E-state index in [4.69, 9.17) is 0 Å². The molecule has 0 aliphatic heterocycles. The Hall–Kier alpha value is -1.000. The zero-order chi connectivity index (χ0) is 11.5. The molecular weight excluding hydrogens is 218 g/mol. The monoisotopic (exact) mass is 235 g/mol. The highest BCUT2D eigenvalue weighted by atomic mass is 32.1. The van der Waals surface area contributed by atoms with Gasteiger partial charge in [0, 0.05) is 12.0 Å². The maximum absolute atomic E-state index is 4.46. The van der Waals surface area contributed by atoms with Gasteiger partial charge in [0.15, 0.2) is 0 Å². The van der Waals surface area contributed by atoms with E-state index in [1.807, 2.05) is 7.05 Å². The van der Waals surface area contributed by atoms with Gasteiger partial charge in [-0.1, -0.05) is 13.8 Å². The van der Waals surface area contributed by atoms with Gasteiger partial charge in [0.1, 0.15) is 6.33 Å². The van der Waals surface area contributed by atoms with Crippen LogP contribution in [0.3, 0.4) is 0 Å². The quantitative estimate of drug-likeness (QED) is 0.885. The van der Waals surface area contributed by atoms with E-state index in [1.165, 1.54) is 10.4 Å². The summed E-state index contributed by atoms with van der Waals surface area (Å²) in [4.78, 5) is 8.73. The standard InChI is InChI=1S/C12H17N3S/c1-4-9(13-3)8(2)11-12-10(5-6-16-12)14-7-15-11/h5-9,13H,4H2,1-3H3. The Morgan fingerprint density at radius 2 is 2.25 bits per heavy atom.